The number of amides is 1. The molecule has 0 aromatic heterocycles. The number of halogens is 1. The van der Waals surface area contributed by atoms with E-state index in [9.17, 15) is 13.2 Å². The summed E-state index contributed by atoms with van der Waals surface area (Å²) in [5.74, 6) is -0.0208. The Hall–Kier alpha value is -0.960. The first-order valence-electron chi connectivity index (χ1n) is 7.15. The van der Waals surface area contributed by atoms with E-state index >= 15 is 0 Å². The van der Waals surface area contributed by atoms with E-state index in [1.807, 2.05) is 6.92 Å². The fraction of sp³-hybridized carbons (Fsp3) is 0.500. The number of benzene rings is 1. The van der Waals surface area contributed by atoms with Crippen LogP contribution in [0.4, 0.5) is 0 Å². The van der Waals surface area contributed by atoms with Crippen LogP contribution in [0.1, 0.15) is 13.3 Å². The molecule has 1 atom stereocenters. The molecule has 1 fully saturated rings. The lowest BCUT2D eigenvalue weighted by atomic mass is 10.2. The third kappa shape index (κ3) is 4.52. The monoisotopic (exact) mass is 389 g/mol. The van der Waals surface area contributed by atoms with Gasteiger partial charge in [-0.3, -0.25) is 4.79 Å². The molecule has 0 radical (unpaired) electrons. The maximum absolute atomic E-state index is 12.1. The number of sulfonamides is 1. The fourth-order valence-corrected chi connectivity index (χ4v) is 3.64. The van der Waals surface area contributed by atoms with Crippen LogP contribution in [0, 0.1) is 0 Å². The molecule has 1 aromatic carbocycles. The molecule has 8 heteroatoms. The Bertz CT molecular complexity index is 619. The molecule has 22 heavy (non-hydrogen) atoms. The standard InChI is InChI=1S/C14H20BrN3O3S/c1-11-10-16-8-9-18(11)14(19)6-7-17-22(20,21)13-4-2-12(15)3-5-13/h2-5,11,16-17H,6-10H2,1H3/t11-/m0/s1. The van der Waals surface area contributed by atoms with Gasteiger partial charge in [0.25, 0.3) is 0 Å². The zero-order chi connectivity index (χ0) is 16.2. The van der Waals surface area contributed by atoms with E-state index in [1.165, 1.54) is 12.1 Å². The first-order valence-corrected chi connectivity index (χ1v) is 9.43. The highest BCUT2D eigenvalue weighted by molar-refractivity contribution is 9.10. The quantitative estimate of drug-likeness (QED) is 0.785. The molecular formula is C14H20BrN3O3S. The first-order chi connectivity index (χ1) is 10.4. The second-order valence-corrected chi connectivity index (χ2v) is 7.92. The van der Waals surface area contributed by atoms with Crippen LogP contribution in [-0.2, 0) is 14.8 Å². The van der Waals surface area contributed by atoms with Gasteiger partial charge in [0.15, 0.2) is 0 Å². The zero-order valence-corrected chi connectivity index (χ0v) is 14.8. The van der Waals surface area contributed by atoms with Crippen LogP contribution >= 0.6 is 15.9 Å². The van der Waals surface area contributed by atoms with Crippen molar-refractivity contribution in [2.24, 2.45) is 0 Å². The third-order valence-electron chi connectivity index (χ3n) is 3.58. The zero-order valence-electron chi connectivity index (χ0n) is 12.4. The summed E-state index contributed by atoms with van der Waals surface area (Å²) < 4.78 is 27.5. The van der Waals surface area contributed by atoms with Gasteiger partial charge in [-0.25, -0.2) is 13.1 Å². The number of carbonyl (C=O) groups is 1. The summed E-state index contributed by atoms with van der Waals surface area (Å²) >= 11 is 3.26. The Morgan fingerprint density at radius 2 is 2.09 bits per heavy atom. The average molecular weight is 390 g/mol. The van der Waals surface area contributed by atoms with Crippen LogP contribution in [0.15, 0.2) is 33.6 Å². The van der Waals surface area contributed by atoms with Gasteiger partial charge in [0, 0.05) is 43.1 Å². The van der Waals surface area contributed by atoms with Gasteiger partial charge < -0.3 is 10.2 Å². The minimum Gasteiger partial charge on any atom is -0.337 e. The molecule has 0 unspecified atom stereocenters. The molecule has 2 rings (SSSR count). The highest BCUT2D eigenvalue weighted by Crippen LogP contribution is 2.14. The summed E-state index contributed by atoms with van der Waals surface area (Å²) in [6.45, 7) is 4.31. The van der Waals surface area contributed by atoms with Crippen LogP contribution < -0.4 is 10.0 Å². The number of hydrogen-bond donors (Lipinski definition) is 2. The number of rotatable bonds is 5. The predicted molar refractivity (Wildman–Crippen MR) is 88.0 cm³/mol. The summed E-state index contributed by atoms with van der Waals surface area (Å²) in [5.41, 5.74) is 0. The normalized spacial score (nSPS) is 19.2. The molecule has 1 amide bonds. The molecular weight excluding hydrogens is 370 g/mol. The van der Waals surface area contributed by atoms with Crippen LogP contribution in [0.2, 0.25) is 0 Å². The Labute approximate surface area is 139 Å². The van der Waals surface area contributed by atoms with Gasteiger partial charge in [-0.05, 0) is 31.2 Å². The summed E-state index contributed by atoms with van der Waals surface area (Å²) in [5, 5.41) is 3.22. The van der Waals surface area contributed by atoms with Gasteiger partial charge in [0.2, 0.25) is 15.9 Å². The van der Waals surface area contributed by atoms with Gasteiger partial charge in [0.1, 0.15) is 0 Å². The van der Waals surface area contributed by atoms with E-state index in [0.29, 0.717) is 6.54 Å². The maximum Gasteiger partial charge on any atom is 0.240 e. The molecule has 1 saturated heterocycles. The van der Waals surface area contributed by atoms with Crippen molar-refractivity contribution in [1.29, 1.82) is 0 Å². The Balaban J connectivity index is 1.87. The van der Waals surface area contributed by atoms with Crippen LogP contribution in [0.3, 0.4) is 0 Å². The lowest BCUT2D eigenvalue weighted by molar-refractivity contribution is -0.133. The molecule has 1 aliphatic rings. The average Bonchev–Trinajstić information content (AvgIpc) is 2.48. The Kier molecular flexibility index (Phi) is 5.96. The summed E-state index contributed by atoms with van der Waals surface area (Å²) in [6, 6.07) is 6.52. The Morgan fingerprint density at radius 1 is 1.41 bits per heavy atom. The predicted octanol–water partition coefficient (Wildman–Crippen LogP) is 0.938. The molecule has 122 valence electrons. The minimum atomic E-state index is -3.57. The lowest BCUT2D eigenvalue weighted by Crippen LogP contribution is -2.52. The van der Waals surface area contributed by atoms with Gasteiger partial charge >= 0.3 is 0 Å². The van der Waals surface area contributed by atoms with E-state index in [4.69, 9.17) is 0 Å². The van der Waals surface area contributed by atoms with Gasteiger partial charge in [-0.1, -0.05) is 15.9 Å². The first kappa shape index (κ1) is 17.4. The van der Waals surface area contributed by atoms with Gasteiger partial charge in [0.05, 0.1) is 4.90 Å². The number of nitrogens with one attached hydrogen (secondary N) is 2. The van der Waals surface area contributed by atoms with E-state index in [1.54, 1.807) is 17.0 Å². The molecule has 0 bridgehead atoms. The topological polar surface area (TPSA) is 78.5 Å². The Morgan fingerprint density at radius 3 is 2.73 bits per heavy atom. The molecule has 1 aliphatic heterocycles. The van der Waals surface area contributed by atoms with Crippen molar-refractivity contribution in [1.82, 2.24) is 14.9 Å². The SMILES string of the molecule is C[C@H]1CNCCN1C(=O)CCNS(=O)(=O)c1ccc(Br)cc1. The largest absolute Gasteiger partial charge is 0.337 e. The molecule has 2 N–H and O–H groups in total. The third-order valence-corrected chi connectivity index (χ3v) is 5.58. The molecule has 0 saturated carbocycles. The summed E-state index contributed by atoms with van der Waals surface area (Å²) in [6.07, 6.45) is 0.167. The van der Waals surface area contributed by atoms with Crippen molar-refractivity contribution in [2.75, 3.05) is 26.2 Å². The fourth-order valence-electron chi connectivity index (χ4n) is 2.34. The van der Waals surface area contributed by atoms with Crippen molar-refractivity contribution < 1.29 is 13.2 Å². The second kappa shape index (κ2) is 7.54. The minimum absolute atomic E-state index is 0.0208. The van der Waals surface area contributed by atoms with Crippen molar-refractivity contribution in [2.45, 2.75) is 24.3 Å². The van der Waals surface area contributed by atoms with E-state index in [2.05, 4.69) is 26.0 Å². The van der Waals surface area contributed by atoms with Crippen molar-refractivity contribution >= 4 is 31.9 Å². The summed E-state index contributed by atoms with van der Waals surface area (Å²) in [7, 11) is -3.57. The van der Waals surface area contributed by atoms with Crippen molar-refractivity contribution in [3.05, 3.63) is 28.7 Å². The van der Waals surface area contributed by atoms with Crippen LogP contribution in [0.25, 0.3) is 0 Å². The number of carbonyl (C=O) groups excluding carboxylic acids is 1. The van der Waals surface area contributed by atoms with Gasteiger partial charge in [-0.15, -0.1) is 0 Å². The van der Waals surface area contributed by atoms with E-state index in [0.717, 1.165) is 17.6 Å². The van der Waals surface area contributed by atoms with Crippen LogP contribution in [0.5, 0.6) is 0 Å². The molecule has 6 nitrogen and oxygen atoms in total. The number of nitrogens with zero attached hydrogens (tertiary/aromatic N) is 1. The molecule has 1 aromatic rings. The highest BCUT2D eigenvalue weighted by Gasteiger charge is 2.23. The maximum atomic E-state index is 12.1. The summed E-state index contributed by atoms with van der Waals surface area (Å²) in [4.78, 5) is 14.1. The number of piperazine rings is 1. The van der Waals surface area contributed by atoms with Gasteiger partial charge in [-0.2, -0.15) is 0 Å². The van der Waals surface area contributed by atoms with Crippen molar-refractivity contribution in [3.8, 4) is 0 Å². The van der Waals surface area contributed by atoms with Crippen molar-refractivity contribution in [3.63, 3.8) is 0 Å². The van der Waals surface area contributed by atoms with E-state index in [-0.39, 0.29) is 29.8 Å². The molecule has 0 spiro atoms. The number of hydrogen-bond acceptors (Lipinski definition) is 4. The highest BCUT2D eigenvalue weighted by atomic mass is 79.9. The molecule has 0 aliphatic carbocycles. The lowest BCUT2D eigenvalue weighted by Gasteiger charge is -2.34. The van der Waals surface area contributed by atoms with Crippen LogP contribution in [-0.4, -0.2) is 51.4 Å². The second-order valence-electron chi connectivity index (χ2n) is 5.24. The van der Waals surface area contributed by atoms with E-state index < -0.39 is 10.0 Å². The smallest absolute Gasteiger partial charge is 0.240 e. The molecule has 1 heterocycles.